The average Bonchev–Trinajstić information content (AvgIpc) is 2.59. The Balaban J connectivity index is 2.16. The Kier molecular flexibility index (Phi) is 5.73. The summed E-state index contributed by atoms with van der Waals surface area (Å²) in [6.07, 6.45) is 3.18. The first-order valence-electron chi connectivity index (χ1n) is 7.35. The highest BCUT2D eigenvalue weighted by atomic mass is 16.5. The quantitative estimate of drug-likeness (QED) is 0.651. The van der Waals surface area contributed by atoms with E-state index in [1.54, 1.807) is 43.5 Å². The normalized spacial score (nSPS) is 10.5. The number of rotatable bonds is 6. The van der Waals surface area contributed by atoms with Crippen LogP contribution in [0, 0.1) is 0 Å². The van der Waals surface area contributed by atoms with E-state index in [0.717, 1.165) is 5.56 Å². The molecule has 1 N–H and O–H groups in total. The average molecular weight is 325 g/mol. The van der Waals surface area contributed by atoms with Crippen LogP contribution in [-0.2, 0) is 4.79 Å². The molecule has 0 radical (unpaired) electrons. The van der Waals surface area contributed by atoms with Gasteiger partial charge in [-0.2, -0.15) is 0 Å². The molecule has 0 saturated heterocycles. The largest absolute Gasteiger partial charge is 0.497 e. The fourth-order valence-electron chi connectivity index (χ4n) is 2.15. The molecule has 124 valence electrons. The number of allylic oxidation sites excluding steroid dienone is 1. The molecule has 0 aliphatic rings. The maximum atomic E-state index is 12.4. The van der Waals surface area contributed by atoms with Gasteiger partial charge in [0.05, 0.1) is 19.8 Å². The molecule has 0 heterocycles. The highest BCUT2D eigenvalue weighted by molar-refractivity contribution is 6.08. The van der Waals surface area contributed by atoms with Crippen molar-refractivity contribution in [2.45, 2.75) is 6.92 Å². The van der Waals surface area contributed by atoms with Crippen molar-refractivity contribution in [2.24, 2.45) is 0 Å². The van der Waals surface area contributed by atoms with Gasteiger partial charge in [-0.1, -0.05) is 18.2 Å². The Morgan fingerprint density at radius 1 is 1.00 bits per heavy atom. The molecule has 0 aromatic heterocycles. The summed E-state index contributed by atoms with van der Waals surface area (Å²) in [5, 5.41) is 2.69. The Labute approximate surface area is 140 Å². The smallest absolute Gasteiger partial charge is 0.221 e. The van der Waals surface area contributed by atoms with E-state index in [4.69, 9.17) is 9.47 Å². The number of hydrogen-bond acceptors (Lipinski definition) is 4. The Morgan fingerprint density at radius 2 is 1.71 bits per heavy atom. The zero-order chi connectivity index (χ0) is 17.5. The molecule has 1 amide bonds. The number of methoxy groups -OCH3 is 2. The molecule has 0 aliphatic heterocycles. The van der Waals surface area contributed by atoms with E-state index in [0.29, 0.717) is 22.7 Å². The molecule has 5 heteroatoms. The zero-order valence-corrected chi connectivity index (χ0v) is 13.8. The molecule has 0 saturated carbocycles. The van der Waals surface area contributed by atoms with E-state index < -0.39 is 0 Å². The predicted molar refractivity (Wildman–Crippen MR) is 93.7 cm³/mol. The van der Waals surface area contributed by atoms with Gasteiger partial charge in [-0.25, -0.2) is 0 Å². The third kappa shape index (κ3) is 4.46. The topological polar surface area (TPSA) is 64.6 Å². The van der Waals surface area contributed by atoms with Gasteiger partial charge in [-0.05, 0) is 42.0 Å². The third-order valence-corrected chi connectivity index (χ3v) is 3.33. The highest BCUT2D eigenvalue weighted by Gasteiger charge is 2.11. The van der Waals surface area contributed by atoms with Crippen molar-refractivity contribution in [2.75, 3.05) is 19.5 Å². The van der Waals surface area contributed by atoms with E-state index in [2.05, 4.69) is 5.32 Å². The number of nitrogens with one attached hydrogen (secondary N) is 1. The van der Waals surface area contributed by atoms with Gasteiger partial charge >= 0.3 is 0 Å². The first-order chi connectivity index (χ1) is 11.5. The van der Waals surface area contributed by atoms with Gasteiger partial charge in [0, 0.05) is 12.6 Å². The van der Waals surface area contributed by atoms with E-state index in [9.17, 15) is 9.59 Å². The second kappa shape index (κ2) is 7.97. The summed E-state index contributed by atoms with van der Waals surface area (Å²) in [4.78, 5) is 23.4. The minimum Gasteiger partial charge on any atom is -0.497 e. The fourth-order valence-corrected chi connectivity index (χ4v) is 2.15. The Hall–Kier alpha value is -3.08. The molecule has 24 heavy (non-hydrogen) atoms. The molecule has 2 aromatic carbocycles. The number of benzene rings is 2. The lowest BCUT2D eigenvalue weighted by atomic mass is 10.1. The van der Waals surface area contributed by atoms with Gasteiger partial charge in [0.15, 0.2) is 5.78 Å². The van der Waals surface area contributed by atoms with Gasteiger partial charge in [0.2, 0.25) is 5.91 Å². The number of hydrogen-bond donors (Lipinski definition) is 1. The van der Waals surface area contributed by atoms with Crippen LogP contribution in [-0.4, -0.2) is 25.9 Å². The van der Waals surface area contributed by atoms with E-state index in [1.165, 1.54) is 20.1 Å². The molecule has 5 nitrogen and oxygen atoms in total. The van der Waals surface area contributed by atoms with Gasteiger partial charge in [0.1, 0.15) is 11.5 Å². The van der Waals surface area contributed by atoms with Crippen LogP contribution in [0.1, 0.15) is 22.8 Å². The fraction of sp³-hybridized carbons (Fsp3) is 0.158. The molecule has 0 fully saturated rings. The van der Waals surface area contributed by atoms with Crippen molar-refractivity contribution in [3.63, 3.8) is 0 Å². The number of ketones is 1. The van der Waals surface area contributed by atoms with E-state index >= 15 is 0 Å². The first-order valence-corrected chi connectivity index (χ1v) is 7.35. The Morgan fingerprint density at radius 3 is 2.29 bits per heavy atom. The van der Waals surface area contributed by atoms with Crippen LogP contribution in [0.2, 0.25) is 0 Å². The van der Waals surface area contributed by atoms with Crippen molar-refractivity contribution >= 4 is 23.5 Å². The maximum Gasteiger partial charge on any atom is 0.221 e. The molecule has 0 spiro atoms. The van der Waals surface area contributed by atoms with Gasteiger partial charge in [-0.15, -0.1) is 0 Å². The predicted octanol–water partition coefficient (Wildman–Crippen LogP) is 3.56. The maximum absolute atomic E-state index is 12.4. The summed E-state index contributed by atoms with van der Waals surface area (Å²) in [5.74, 6) is 0.772. The van der Waals surface area contributed by atoms with Crippen molar-refractivity contribution in [3.05, 3.63) is 59.7 Å². The summed E-state index contributed by atoms with van der Waals surface area (Å²) in [6.45, 7) is 1.45. The van der Waals surface area contributed by atoms with Gasteiger partial charge in [0.25, 0.3) is 0 Å². The summed E-state index contributed by atoms with van der Waals surface area (Å²) >= 11 is 0. The summed E-state index contributed by atoms with van der Waals surface area (Å²) in [5.41, 5.74) is 1.99. The van der Waals surface area contributed by atoms with Crippen molar-refractivity contribution in [1.82, 2.24) is 0 Å². The second-order valence-electron chi connectivity index (χ2n) is 5.07. The molecule has 0 aliphatic carbocycles. The monoisotopic (exact) mass is 325 g/mol. The van der Waals surface area contributed by atoms with Crippen LogP contribution in [0.15, 0.2) is 48.5 Å². The lowest BCUT2D eigenvalue weighted by Gasteiger charge is -2.08. The number of carbonyl (C=O) groups excluding carboxylic acids is 2. The minimum absolute atomic E-state index is 0.126. The summed E-state index contributed by atoms with van der Waals surface area (Å²) < 4.78 is 10.4. The van der Waals surface area contributed by atoms with Crippen molar-refractivity contribution in [1.29, 1.82) is 0 Å². The molecule has 0 bridgehead atoms. The van der Waals surface area contributed by atoms with Crippen LogP contribution < -0.4 is 14.8 Å². The van der Waals surface area contributed by atoms with Crippen LogP contribution >= 0.6 is 0 Å². The van der Waals surface area contributed by atoms with Crippen LogP contribution in [0.5, 0.6) is 11.5 Å². The van der Waals surface area contributed by atoms with E-state index in [-0.39, 0.29) is 11.7 Å². The highest BCUT2D eigenvalue weighted by Crippen LogP contribution is 2.25. The molecule has 0 atom stereocenters. The zero-order valence-electron chi connectivity index (χ0n) is 13.8. The standard InChI is InChI=1S/C19H19NO4/c1-13(21)20-15-7-4-14(5-8-15)6-10-18(22)17-12-16(23-2)9-11-19(17)24-3/h4-12H,1-3H3,(H,20,21)/b10-6+. The number of ether oxygens (including phenoxy) is 2. The number of carbonyl (C=O) groups is 2. The molecular weight excluding hydrogens is 306 g/mol. The minimum atomic E-state index is -0.184. The lowest BCUT2D eigenvalue weighted by Crippen LogP contribution is -2.05. The Bertz CT molecular complexity index is 763. The molecule has 0 unspecified atom stereocenters. The molecular formula is C19H19NO4. The summed E-state index contributed by atoms with van der Waals surface area (Å²) in [7, 11) is 3.06. The number of amides is 1. The summed E-state index contributed by atoms with van der Waals surface area (Å²) in [6, 6.07) is 12.3. The molecule has 2 rings (SSSR count). The van der Waals surface area contributed by atoms with E-state index in [1.807, 2.05) is 12.1 Å². The lowest BCUT2D eigenvalue weighted by molar-refractivity contribution is -0.114. The SMILES string of the molecule is COc1ccc(OC)c(C(=O)/C=C/c2ccc(NC(C)=O)cc2)c1. The van der Waals surface area contributed by atoms with Crippen LogP contribution in [0.25, 0.3) is 6.08 Å². The van der Waals surface area contributed by atoms with Crippen molar-refractivity contribution < 1.29 is 19.1 Å². The third-order valence-electron chi connectivity index (χ3n) is 3.33. The van der Waals surface area contributed by atoms with Gasteiger partial charge in [-0.3, -0.25) is 9.59 Å². The van der Waals surface area contributed by atoms with Crippen molar-refractivity contribution in [3.8, 4) is 11.5 Å². The number of anilines is 1. The van der Waals surface area contributed by atoms with Crippen LogP contribution in [0.3, 0.4) is 0 Å². The van der Waals surface area contributed by atoms with Crippen LogP contribution in [0.4, 0.5) is 5.69 Å². The van der Waals surface area contributed by atoms with Gasteiger partial charge < -0.3 is 14.8 Å². The first kappa shape index (κ1) is 17.3. The second-order valence-corrected chi connectivity index (χ2v) is 5.07. The molecule has 2 aromatic rings.